The molecule has 1 heterocycles. The number of benzene rings is 2. The summed E-state index contributed by atoms with van der Waals surface area (Å²) >= 11 is 5.98. The van der Waals surface area contributed by atoms with Gasteiger partial charge in [0.15, 0.2) is 5.58 Å². The van der Waals surface area contributed by atoms with Crippen LogP contribution in [0.3, 0.4) is 0 Å². The van der Waals surface area contributed by atoms with Crippen molar-refractivity contribution >= 4 is 34.1 Å². The molecule has 0 amide bonds. The van der Waals surface area contributed by atoms with E-state index in [1.54, 1.807) is 12.1 Å². The second kappa shape index (κ2) is 4.75. The van der Waals surface area contributed by atoms with Crippen molar-refractivity contribution in [2.45, 2.75) is 6.92 Å². The van der Waals surface area contributed by atoms with Crippen molar-refractivity contribution in [3.05, 3.63) is 51.0 Å². The SMILES string of the molecule is Cc1cc(Cl)cc2nc(-c3ccc([N+](=O)[O-])cc3N)oc12. The number of hydrogen-bond acceptors (Lipinski definition) is 5. The molecule has 0 fully saturated rings. The summed E-state index contributed by atoms with van der Waals surface area (Å²) in [5.41, 5.74) is 8.61. The van der Waals surface area contributed by atoms with Crippen LogP contribution in [0.5, 0.6) is 0 Å². The number of nitro groups is 1. The molecule has 1 aromatic heterocycles. The van der Waals surface area contributed by atoms with Gasteiger partial charge >= 0.3 is 0 Å². The Morgan fingerprint density at radius 1 is 1.33 bits per heavy atom. The smallest absolute Gasteiger partial charge is 0.271 e. The van der Waals surface area contributed by atoms with E-state index in [0.717, 1.165) is 5.56 Å². The van der Waals surface area contributed by atoms with E-state index in [2.05, 4.69) is 4.98 Å². The van der Waals surface area contributed by atoms with E-state index < -0.39 is 4.92 Å². The first kappa shape index (κ1) is 13.4. The van der Waals surface area contributed by atoms with Gasteiger partial charge in [-0.2, -0.15) is 0 Å². The van der Waals surface area contributed by atoms with Gasteiger partial charge < -0.3 is 10.2 Å². The Kier molecular flexibility index (Phi) is 3.03. The van der Waals surface area contributed by atoms with Crippen LogP contribution in [-0.4, -0.2) is 9.91 Å². The van der Waals surface area contributed by atoms with Crippen molar-refractivity contribution < 1.29 is 9.34 Å². The largest absolute Gasteiger partial charge is 0.436 e. The van der Waals surface area contributed by atoms with Crippen LogP contribution in [0, 0.1) is 17.0 Å². The molecule has 0 saturated carbocycles. The van der Waals surface area contributed by atoms with Crippen LogP contribution in [0.4, 0.5) is 11.4 Å². The highest BCUT2D eigenvalue weighted by Crippen LogP contribution is 2.33. The van der Waals surface area contributed by atoms with Crippen molar-refractivity contribution in [3.63, 3.8) is 0 Å². The normalized spacial score (nSPS) is 11.0. The van der Waals surface area contributed by atoms with Crippen molar-refractivity contribution in [2.75, 3.05) is 5.73 Å². The monoisotopic (exact) mass is 303 g/mol. The molecule has 0 saturated heterocycles. The molecule has 106 valence electrons. The fourth-order valence-electron chi connectivity index (χ4n) is 2.13. The van der Waals surface area contributed by atoms with Crippen LogP contribution >= 0.6 is 11.6 Å². The molecule has 2 N–H and O–H groups in total. The minimum Gasteiger partial charge on any atom is -0.436 e. The Bertz CT molecular complexity index is 873. The summed E-state index contributed by atoms with van der Waals surface area (Å²) in [6, 6.07) is 7.63. The molecule has 0 aliphatic carbocycles. The lowest BCUT2D eigenvalue weighted by atomic mass is 10.1. The zero-order valence-corrected chi connectivity index (χ0v) is 11.7. The number of nitrogens with zero attached hydrogens (tertiary/aromatic N) is 2. The zero-order valence-electron chi connectivity index (χ0n) is 11.0. The standard InChI is InChI=1S/C14H10ClN3O3/c1-7-4-8(15)5-12-13(7)21-14(17-12)10-3-2-9(18(19)20)6-11(10)16/h2-6H,16H2,1H3. The van der Waals surface area contributed by atoms with Crippen molar-refractivity contribution in [3.8, 4) is 11.5 Å². The molecule has 0 aliphatic rings. The molecule has 2 aromatic carbocycles. The summed E-state index contributed by atoms with van der Waals surface area (Å²) in [5, 5.41) is 11.3. The maximum atomic E-state index is 10.7. The second-order valence-electron chi connectivity index (χ2n) is 4.62. The van der Waals surface area contributed by atoms with Gasteiger partial charge in [-0.25, -0.2) is 4.98 Å². The van der Waals surface area contributed by atoms with E-state index in [0.29, 0.717) is 27.6 Å². The topological polar surface area (TPSA) is 95.2 Å². The average Bonchev–Trinajstić information content (AvgIpc) is 2.82. The Hall–Kier alpha value is -2.60. The van der Waals surface area contributed by atoms with Gasteiger partial charge in [0, 0.05) is 17.2 Å². The van der Waals surface area contributed by atoms with Gasteiger partial charge in [-0.15, -0.1) is 0 Å². The molecule has 0 spiro atoms. The third-order valence-corrected chi connectivity index (χ3v) is 3.34. The van der Waals surface area contributed by atoms with E-state index in [4.69, 9.17) is 21.8 Å². The van der Waals surface area contributed by atoms with Crippen LogP contribution in [0.15, 0.2) is 34.7 Å². The Labute approximate surface area is 124 Å². The van der Waals surface area contributed by atoms with Gasteiger partial charge in [-0.05, 0) is 30.7 Å². The van der Waals surface area contributed by atoms with Crippen molar-refractivity contribution in [1.82, 2.24) is 4.98 Å². The predicted molar refractivity (Wildman–Crippen MR) is 80.3 cm³/mol. The molecule has 7 heteroatoms. The van der Waals surface area contributed by atoms with Crippen LogP contribution in [0.25, 0.3) is 22.6 Å². The highest BCUT2D eigenvalue weighted by atomic mass is 35.5. The quantitative estimate of drug-likeness (QED) is 0.439. The molecule has 0 atom stereocenters. The number of rotatable bonds is 2. The van der Waals surface area contributed by atoms with Crippen LogP contribution < -0.4 is 5.73 Å². The number of nitrogens with two attached hydrogens (primary N) is 1. The van der Waals surface area contributed by atoms with E-state index in [1.165, 1.54) is 18.2 Å². The molecule has 21 heavy (non-hydrogen) atoms. The zero-order chi connectivity index (χ0) is 15.1. The number of oxazole rings is 1. The lowest BCUT2D eigenvalue weighted by Gasteiger charge is -2.00. The van der Waals surface area contributed by atoms with Gasteiger partial charge in [-0.1, -0.05) is 11.6 Å². The Morgan fingerprint density at radius 2 is 2.10 bits per heavy atom. The fourth-order valence-corrected chi connectivity index (χ4v) is 2.40. The van der Waals surface area contributed by atoms with Gasteiger partial charge in [0.25, 0.3) is 5.69 Å². The van der Waals surface area contributed by atoms with E-state index in [-0.39, 0.29) is 11.4 Å². The summed E-state index contributed by atoms with van der Waals surface area (Å²) < 4.78 is 5.70. The highest BCUT2D eigenvalue weighted by molar-refractivity contribution is 6.31. The van der Waals surface area contributed by atoms with Crippen LogP contribution in [0.1, 0.15) is 5.56 Å². The molecule has 0 unspecified atom stereocenters. The van der Waals surface area contributed by atoms with Gasteiger partial charge in [0.1, 0.15) is 5.52 Å². The molecule has 3 rings (SSSR count). The van der Waals surface area contributed by atoms with Gasteiger partial charge in [0.2, 0.25) is 5.89 Å². The molecule has 0 bridgehead atoms. The van der Waals surface area contributed by atoms with Crippen molar-refractivity contribution in [2.24, 2.45) is 0 Å². The number of halogens is 1. The lowest BCUT2D eigenvalue weighted by Crippen LogP contribution is -1.94. The third-order valence-electron chi connectivity index (χ3n) is 3.12. The van der Waals surface area contributed by atoms with Crippen LogP contribution in [0.2, 0.25) is 5.02 Å². The summed E-state index contributed by atoms with van der Waals surface area (Å²) in [6.45, 7) is 1.86. The molecular weight excluding hydrogens is 294 g/mol. The van der Waals surface area contributed by atoms with Crippen molar-refractivity contribution in [1.29, 1.82) is 0 Å². The summed E-state index contributed by atoms with van der Waals surface area (Å²) in [5.74, 6) is 0.308. The number of fused-ring (bicyclic) bond motifs is 1. The molecule has 3 aromatic rings. The first-order valence-corrected chi connectivity index (χ1v) is 6.44. The first-order valence-electron chi connectivity index (χ1n) is 6.06. The molecule has 6 nitrogen and oxygen atoms in total. The first-order chi connectivity index (χ1) is 9.95. The molecule has 0 aliphatic heterocycles. The Morgan fingerprint density at radius 3 is 2.76 bits per heavy atom. The number of nitrogen functional groups attached to an aromatic ring is 1. The Balaban J connectivity index is 2.17. The predicted octanol–water partition coefficient (Wildman–Crippen LogP) is 3.95. The highest BCUT2D eigenvalue weighted by Gasteiger charge is 2.16. The minimum atomic E-state index is -0.504. The summed E-state index contributed by atoms with van der Waals surface area (Å²) in [7, 11) is 0. The molecule has 0 radical (unpaired) electrons. The number of anilines is 1. The number of aryl methyl sites for hydroxylation is 1. The maximum Gasteiger partial charge on any atom is 0.271 e. The number of hydrogen-bond donors (Lipinski definition) is 1. The summed E-state index contributed by atoms with van der Waals surface area (Å²) in [6.07, 6.45) is 0. The lowest BCUT2D eigenvalue weighted by molar-refractivity contribution is -0.384. The number of nitro benzene ring substituents is 1. The van der Waals surface area contributed by atoms with E-state index in [9.17, 15) is 10.1 Å². The second-order valence-corrected chi connectivity index (χ2v) is 5.06. The fraction of sp³-hybridized carbons (Fsp3) is 0.0714. The average molecular weight is 304 g/mol. The van der Waals surface area contributed by atoms with Crippen LogP contribution in [-0.2, 0) is 0 Å². The van der Waals surface area contributed by atoms with Gasteiger partial charge in [0.05, 0.1) is 16.2 Å². The van der Waals surface area contributed by atoms with Gasteiger partial charge in [-0.3, -0.25) is 10.1 Å². The van der Waals surface area contributed by atoms with E-state index in [1.807, 2.05) is 6.92 Å². The molecular formula is C14H10ClN3O3. The van der Waals surface area contributed by atoms with E-state index >= 15 is 0 Å². The maximum absolute atomic E-state index is 10.7. The third kappa shape index (κ3) is 2.30. The summed E-state index contributed by atoms with van der Waals surface area (Å²) in [4.78, 5) is 14.6. The minimum absolute atomic E-state index is 0.0772. The number of aromatic nitrogens is 1. The number of non-ortho nitro benzene ring substituents is 1.